The summed E-state index contributed by atoms with van der Waals surface area (Å²) in [5.74, 6) is 0. The predicted octanol–water partition coefficient (Wildman–Crippen LogP) is 3.53. The number of nitrogens with one attached hydrogen (secondary N) is 3. The molecule has 4 heteroatoms. The molecule has 0 bridgehead atoms. The molecule has 3 N–H and O–H groups in total. The van der Waals surface area contributed by atoms with Gasteiger partial charge in [-0.05, 0) is 31.5 Å². The van der Waals surface area contributed by atoms with Crippen LogP contribution in [0, 0.1) is 17.7 Å². The number of aromatic amines is 1. The molecule has 0 spiro atoms. The Morgan fingerprint density at radius 1 is 1.31 bits per heavy atom. The molecular weight excluding hydrogens is 218 g/mol. The van der Waals surface area contributed by atoms with Gasteiger partial charge in [-0.25, -0.2) is 0 Å². The summed E-state index contributed by atoms with van der Waals surface area (Å²) >= 11 is 1.18. The summed E-state index contributed by atoms with van der Waals surface area (Å²) < 4.78 is 0. The summed E-state index contributed by atoms with van der Waals surface area (Å²) in [5.41, 5.74) is 3.14. The molecule has 0 radical (unpaired) electrons. The van der Waals surface area contributed by atoms with Crippen LogP contribution in [0.4, 0.5) is 0 Å². The van der Waals surface area contributed by atoms with Crippen LogP contribution >= 0.6 is 11.8 Å². The molecule has 0 fully saturated rings. The van der Waals surface area contributed by atoms with Crippen molar-refractivity contribution < 1.29 is 0 Å². The molecule has 2 aromatic rings. The predicted molar refractivity (Wildman–Crippen MR) is 70.9 cm³/mol. The summed E-state index contributed by atoms with van der Waals surface area (Å²) in [6.45, 7) is 3.74. The highest BCUT2D eigenvalue weighted by molar-refractivity contribution is 8.26. The Morgan fingerprint density at radius 2 is 2.06 bits per heavy atom. The van der Waals surface area contributed by atoms with Crippen LogP contribution in [0.3, 0.4) is 0 Å². The van der Waals surface area contributed by atoms with Crippen molar-refractivity contribution in [2.24, 2.45) is 0 Å². The highest BCUT2D eigenvalue weighted by Gasteiger charge is 2.06. The molecular formula is C12H13N3S. The second-order valence-electron chi connectivity index (χ2n) is 3.72. The second-order valence-corrected chi connectivity index (χ2v) is 4.94. The lowest BCUT2D eigenvalue weighted by atomic mass is 10.1. The number of benzene rings is 1. The topological polar surface area (TPSA) is 63.5 Å². The normalized spacial score (nSPS) is 10.6. The molecule has 0 unspecified atom stereocenters. The number of fused-ring (bicyclic) bond motifs is 1. The Morgan fingerprint density at radius 3 is 2.75 bits per heavy atom. The van der Waals surface area contributed by atoms with Gasteiger partial charge in [-0.3, -0.25) is 10.8 Å². The Kier molecular flexibility index (Phi) is 2.83. The van der Waals surface area contributed by atoms with Gasteiger partial charge in [0.15, 0.2) is 0 Å². The summed E-state index contributed by atoms with van der Waals surface area (Å²) in [4.78, 5) is 3.18. The average Bonchev–Trinajstić information content (AvgIpc) is 2.59. The molecule has 0 amide bonds. The molecule has 0 aliphatic heterocycles. The average molecular weight is 231 g/mol. The molecule has 16 heavy (non-hydrogen) atoms. The number of hydrogen-bond acceptors (Lipinski definition) is 3. The van der Waals surface area contributed by atoms with Gasteiger partial charge in [0.2, 0.25) is 0 Å². The number of thioether (sulfide) groups is 1. The molecule has 0 aliphatic rings. The van der Waals surface area contributed by atoms with Gasteiger partial charge in [-0.2, -0.15) is 0 Å². The fraction of sp³-hybridized carbons (Fsp3) is 0.167. The molecule has 82 valence electrons. The van der Waals surface area contributed by atoms with E-state index < -0.39 is 0 Å². The largest absolute Gasteiger partial charge is 0.361 e. The Labute approximate surface area is 98.3 Å². The van der Waals surface area contributed by atoms with Gasteiger partial charge >= 0.3 is 0 Å². The standard InChI is InChI=1S/C12H13N3S/c1-7-6-15-11-4-3-9(5-10(7)11)12(14)16-8(2)13/h3-6,13-15H,1-2H3. The zero-order chi connectivity index (χ0) is 11.7. The number of aromatic nitrogens is 1. The van der Waals surface area contributed by atoms with E-state index in [-0.39, 0.29) is 0 Å². The van der Waals surface area contributed by atoms with Crippen molar-refractivity contribution in [2.45, 2.75) is 13.8 Å². The van der Waals surface area contributed by atoms with Crippen LogP contribution in [0.5, 0.6) is 0 Å². The van der Waals surface area contributed by atoms with Crippen molar-refractivity contribution in [1.29, 1.82) is 10.8 Å². The van der Waals surface area contributed by atoms with E-state index in [1.165, 1.54) is 17.3 Å². The van der Waals surface area contributed by atoms with Crippen LogP contribution in [0.2, 0.25) is 0 Å². The SMILES string of the molecule is CC(=N)SC(=N)c1ccc2[nH]cc(C)c2c1. The first-order valence-electron chi connectivity index (χ1n) is 4.97. The maximum Gasteiger partial charge on any atom is 0.100 e. The number of hydrogen-bond donors (Lipinski definition) is 3. The molecule has 0 saturated heterocycles. The lowest BCUT2D eigenvalue weighted by Crippen LogP contribution is -1.96. The van der Waals surface area contributed by atoms with E-state index in [9.17, 15) is 0 Å². The van der Waals surface area contributed by atoms with Crippen LogP contribution < -0.4 is 0 Å². The fourth-order valence-corrected chi connectivity index (χ4v) is 2.16. The molecule has 0 atom stereocenters. The first-order chi connectivity index (χ1) is 7.58. The van der Waals surface area contributed by atoms with E-state index in [0.29, 0.717) is 10.1 Å². The van der Waals surface area contributed by atoms with Gasteiger partial charge in [0.1, 0.15) is 5.04 Å². The van der Waals surface area contributed by atoms with Crippen LogP contribution in [0.15, 0.2) is 24.4 Å². The lowest BCUT2D eigenvalue weighted by molar-refractivity contribution is 1.43. The summed E-state index contributed by atoms with van der Waals surface area (Å²) in [5, 5.41) is 17.2. The smallest absolute Gasteiger partial charge is 0.100 e. The number of rotatable bonds is 1. The second kappa shape index (κ2) is 4.14. The zero-order valence-corrected chi connectivity index (χ0v) is 10.0. The van der Waals surface area contributed by atoms with E-state index >= 15 is 0 Å². The van der Waals surface area contributed by atoms with Crippen LogP contribution in [0.25, 0.3) is 10.9 Å². The lowest BCUT2D eigenvalue weighted by Gasteiger charge is -2.02. The maximum atomic E-state index is 7.87. The van der Waals surface area contributed by atoms with E-state index in [1.54, 1.807) is 6.92 Å². The third-order valence-corrected chi connectivity index (χ3v) is 3.15. The van der Waals surface area contributed by atoms with Crippen molar-refractivity contribution >= 4 is 32.8 Å². The van der Waals surface area contributed by atoms with Gasteiger partial charge < -0.3 is 4.98 Å². The summed E-state index contributed by atoms with van der Waals surface area (Å²) in [7, 11) is 0. The van der Waals surface area contributed by atoms with Crippen LogP contribution in [-0.4, -0.2) is 15.1 Å². The van der Waals surface area contributed by atoms with Gasteiger partial charge in [0, 0.05) is 22.7 Å². The first-order valence-corrected chi connectivity index (χ1v) is 5.79. The van der Waals surface area contributed by atoms with Gasteiger partial charge in [0.25, 0.3) is 0 Å². The molecule has 1 heterocycles. The van der Waals surface area contributed by atoms with Crippen molar-refractivity contribution in [3.63, 3.8) is 0 Å². The van der Waals surface area contributed by atoms with Crippen molar-refractivity contribution in [1.82, 2.24) is 4.98 Å². The molecule has 0 aliphatic carbocycles. The quantitative estimate of drug-likeness (QED) is 0.510. The molecule has 2 rings (SSSR count). The van der Waals surface area contributed by atoms with Crippen molar-refractivity contribution in [3.8, 4) is 0 Å². The third kappa shape index (κ3) is 2.02. The summed E-state index contributed by atoms with van der Waals surface area (Å²) in [6, 6.07) is 5.89. The minimum Gasteiger partial charge on any atom is -0.361 e. The highest BCUT2D eigenvalue weighted by atomic mass is 32.2. The maximum absolute atomic E-state index is 7.87. The Balaban J connectivity index is 2.42. The minimum absolute atomic E-state index is 0.426. The first kappa shape index (κ1) is 11.0. The van der Waals surface area contributed by atoms with Gasteiger partial charge in [-0.15, -0.1) is 0 Å². The van der Waals surface area contributed by atoms with Crippen LogP contribution in [0.1, 0.15) is 18.1 Å². The minimum atomic E-state index is 0.426. The number of aryl methyl sites for hydroxylation is 1. The molecule has 3 nitrogen and oxygen atoms in total. The zero-order valence-electron chi connectivity index (χ0n) is 9.22. The monoisotopic (exact) mass is 231 g/mol. The Bertz CT molecular complexity index is 569. The molecule has 0 saturated carbocycles. The van der Waals surface area contributed by atoms with Gasteiger partial charge in [-0.1, -0.05) is 17.8 Å². The highest BCUT2D eigenvalue weighted by Crippen LogP contribution is 2.21. The Hall–Kier alpha value is -1.55. The van der Waals surface area contributed by atoms with Crippen LogP contribution in [-0.2, 0) is 0 Å². The molecule has 1 aromatic heterocycles. The number of H-pyrrole nitrogens is 1. The van der Waals surface area contributed by atoms with E-state index in [1.807, 2.05) is 31.3 Å². The summed E-state index contributed by atoms with van der Waals surface area (Å²) in [6.07, 6.45) is 1.97. The third-order valence-electron chi connectivity index (χ3n) is 2.41. The van der Waals surface area contributed by atoms with Gasteiger partial charge in [0.05, 0.1) is 5.04 Å². The van der Waals surface area contributed by atoms with E-state index in [0.717, 1.165) is 16.5 Å². The fourth-order valence-electron chi connectivity index (χ4n) is 1.61. The van der Waals surface area contributed by atoms with Crippen molar-refractivity contribution in [2.75, 3.05) is 0 Å². The van der Waals surface area contributed by atoms with E-state index in [4.69, 9.17) is 10.8 Å². The van der Waals surface area contributed by atoms with E-state index in [2.05, 4.69) is 4.98 Å². The van der Waals surface area contributed by atoms with Crippen molar-refractivity contribution in [3.05, 3.63) is 35.5 Å². The molecule has 1 aromatic carbocycles.